The monoisotopic (exact) mass is 223 g/mol. The molecule has 16 heavy (non-hydrogen) atoms. The van der Waals surface area contributed by atoms with Crippen molar-refractivity contribution in [2.24, 2.45) is 0 Å². The molecule has 0 spiro atoms. The van der Waals surface area contributed by atoms with Crippen LogP contribution in [0.5, 0.6) is 0 Å². The molecule has 0 amide bonds. The lowest BCUT2D eigenvalue weighted by Crippen LogP contribution is -2.27. The second-order valence-corrected chi connectivity index (χ2v) is 3.80. The zero-order valence-corrected chi connectivity index (χ0v) is 10.0. The Hall–Kier alpha value is -1.22. The highest BCUT2D eigenvalue weighted by atomic mass is 19.1. The molecule has 0 bridgehead atoms. The van der Waals surface area contributed by atoms with E-state index in [1.165, 1.54) is 12.1 Å². The van der Waals surface area contributed by atoms with Gasteiger partial charge in [-0.2, -0.15) is 0 Å². The number of carbonyl (C=O) groups excluding carboxylic acids is 1. The fourth-order valence-corrected chi connectivity index (χ4v) is 1.92. The summed E-state index contributed by atoms with van der Waals surface area (Å²) in [6, 6.07) is 4.49. The lowest BCUT2D eigenvalue weighted by atomic mass is 10.0. The Morgan fingerprint density at radius 3 is 2.50 bits per heavy atom. The Morgan fingerprint density at radius 2 is 2.00 bits per heavy atom. The molecule has 0 aliphatic heterocycles. The minimum Gasteiger partial charge on any atom is -0.298 e. The molecule has 2 nitrogen and oxygen atoms in total. The van der Waals surface area contributed by atoms with Crippen molar-refractivity contribution < 1.29 is 9.18 Å². The average Bonchev–Trinajstić information content (AvgIpc) is 2.31. The first-order valence-electron chi connectivity index (χ1n) is 5.62. The third-order valence-electron chi connectivity index (χ3n) is 2.97. The molecule has 0 radical (unpaired) electrons. The number of benzene rings is 1. The molecule has 0 aliphatic rings. The summed E-state index contributed by atoms with van der Waals surface area (Å²) in [5, 5.41) is 0. The van der Waals surface area contributed by atoms with E-state index in [1.807, 2.05) is 20.8 Å². The third kappa shape index (κ3) is 2.67. The molecule has 0 aliphatic carbocycles. The predicted molar refractivity (Wildman–Crippen MR) is 63.1 cm³/mol. The zero-order valence-electron chi connectivity index (χ0n) is 10.0. The van der Waals surface area contributed by atoms with E-state index in [0.717, 1.165) is 19.4 Å². The van der Waals surface area contributed by atoms with Gasteiger partial charge in [0, 0.05) is 17.2 Å². The lowest BCUT2D eigenvalue weighted by Gasteiger charge is -2.27. The van der Waals surface area contributed by atoms with Crippen LogP contribution in [-0.2, 0) is 0 Å². The van der Waals surface area contributed by atoms with Crippen LogP contribution in [0.1, 0.15) is 42.7 Å². The molecule has 1 atom stereocenters. The van der Waals surface area contributed by atoms with Crippen molar-refractivity contribution >= 4 is 6.29 Å². The van der Waals surface area contributed by atoms with Crippen molar-refractivity contribution in [1.82, 2.24) is 4.90 Å². The normalized spacial score (nSPS) is 12.8. The van der Waals surface area contributed by atoms with Gasteiger partial charge < -0.3 is 0 Å². The summed E-state index contributed by atoms with van der Waals surface area (Å²) in [5.74, 6) is -0.245. The van der Waals surface area contributed by atoms with Crippen LogP contribution in [0, 0.1) is 5.82 Å². The first-order chi connectivity index (χ1) is 7.63. The van der Waals surface area contributed by atoms with Crippen molar-refractivity contribution in [3.05, 3.63) is 35.1 Å². The highest BCUT2D eigenvalue weighted by Crippen LogP contribution is 2.23. The number of hydrogen-bond acceptors (Lipinski definition) is 2. The quantitative estimate of drug-likeness (QED) is 0.715. The summed E-state index contributed by atoms with van der Waals surface area (Å²) in [6.45, 7) is 7.77. The van der Waals surface area contributed by atoms with Crippen molar-refractivity contribution in [3.63, 3.8) is 0 Å². The Bertz CT molecular complexity index is 361. The van der Waals surface area contributed by atoms with Gasteiger partial charge in [0.25, 0.3) is 0 Å². The molecule has 0 heterocycles. The summed E-state index contributed by atoms with van der Waals surface area (Å²) >= 11 is 0. The van der Waals surface area contributed by atoms with Gasteiger partial charge in [-0.25, -0.2) is 4.39 Å². The highest BCUT2D eigenvalue weighted by molar-refractivity contribution is 5.75. The van der Waals surface area contributed by atoms with E-state index in [4.69, 9.17) is 0 Å². The van der Waals surface area contributed by atoms with E-state index in [-0.39, 0.29) is 11.9 Å². The first-order valence-corrected chi connectivity index (χ1v) is 5.62. The smallest absolute Gasteiger partial charge is 0.150 e. The Kier molecular flexibility index (Phi) is 4.62. The summed E-state index contributed by atoms with van der Waals surface area (Å²) < 4.78 is 13.6. The summed E-state index contributed by atoms with van der Waals surface area (Å²) in [6.07, 6.45) is 0.748. The number of halogens is 1. The van der Waals surface area contributed by atoms with Gasteiger partial charge in [0.1, 0.15) is 12.1 Å². The predicted octanol–water partition coefficient (Wildman–Crippen LogP) is 3.04. The van der Waals surface area contributed by atoms with Gasteiger partial charge in [-0.3, -0.25) is 9.69 Å². The molecular formula is C13H18FNO. The van der Waals surface area contributed by atoms with Crippen LogP contribution in [0.15, 0.2) is 18.2 Å². The van der Waals surface area contributed by atoms with Crippen molar-refractivity contribution in [2.75, 3.05) is 13.1 Å². The van der Waals surface area contributed by atoms with Crippen LogP contribution in [0.4, 0.5) is 4.39 Å². The summed E-state index contributed by atoms with van der Waals surface area (Å²) in [4.78, 5) is 12.8. The zero-order chi connectivity index (χ0) is 12.1. The maximum atomic E-state index is 13.6. The molecule has 0 fully saturated rings. The van der Waals surface area contributed by atoms with Crippen LogP contribution in [0.2, 0.25) is 0 Å². The van der Waals surface area contributed by atoms with Gasteiger partial charge in [0.15, 0.2) is 0 Å². The van der Waals surface area contributed by atoms with E-state index >= 15 is 0 Å². The number of hydrogen-bond donors (Lipinski definition) is 0. The van der Waals surface area contributed by atoms with Gasteiger partial charge in [-0.15, -0.1) is 0 Å². The Morgan fingerprint density at radius 1 is 1.38 bits per heavy atom. The largest absolute Gasteiger partial charge is 0.298 e. The van der Waals surface area contributed by atoms with Crippen LogP contribution >= 0.6 is 0 Å². The minimum absolute atomic E-state index is 0.00472. The molecule has 1 rings (SSSR count). The first kappa shape index (κ1) is 12.8. The van der Waals surface area contributed by atoms with Gasteiger partial charge in [0.05, 0.1) is 0 Å². The van der Waals surface area contributed by atoms with E-state index in [9.17, 15) is 9.18 Å². The SMILES string of the molecule is CCN(CC)C(C)c1cc(C=O)ccc1F. The topological polar surface area (TPSA) is 20.3 Å². The molecule has 0 aromatic heterocycles. The summed E-state index contributed by atoms with van der Waals surface area (Å²) in [7, 11) is 0. The maximum Gasteiger partial charge on any atom is 0.150 e. The maximum absolute atomic E-state index is 13.6. The van der Waals surface area contributed by atoms with E-state index < -0.39 is 0 Å². The Labute approximate surface area is 96.1 Å². The van der Waals surface area contributed by atoms with Gasteiger partial charge >= 0.3 is 0 Å². The van der Waals surface area contributed by atoms with Crippen LogP contribution in [-0.4, -0.2) is 24.3 Å². The molecule has 3 heteroatoms. The van der Waals surface area contributed by atoms with E-state index in [0.29, 0.717) is 11.1 Å². The molecule has 0 N–H and O–H groups in total. The second-order valence-electron chi connectivity index (χ2n) is 3.80. The molecule has 1 unspecified atom stereocenters. The molecule has 1 aromatic carbocycles. The minimum atomic E-state index is -0.245. The van der Waals surface area contributed by atoms with Crippen molar-refractivity contribution in [3.8, 4) is 0 Å². The molecule has 0 saturated heterocycles. The third-order valence-corrected chi connectivity index (χ3v) is 2.97. The molecular weight excluding hydrogens is 205 g/mol. The second kappa shape index (κ2) is 5.75. The fraction of sp³-hybridized carbons (Fsp3) is 0.462. The highest BCUT2D eigenvalue weighted by Gasteiger charge is 2.16. The molecule has 88 valence electrons. The van der Waals surface area contributed by atoms with Crippen LogP contribution in [0.25, 0.3) is 0 Å². The van der Waals surface area contributed by atoms with Crippen LogP contribution in [0.3, 0.4) is 0 Å². The standard InChI is InChI=1S/C13H18FNO/c1-4-15(5-2)10(3)12-8-11(9-16)6-7-13(12)14/h6-10H,4-5H2,1-3H3. The average molecular weight is 223 g/mol. The Balaban J connectivity index is 3.05. The lowest BCUT2D eigenvalue weighted by molar-refractivity contribution is 0.112. The van der Waals surface area contributed by atoms with Crippen LogP contribution < -0.4 is 0 Å². The van der Waals surface area contributed by atoms with Gasteiger partial charge in [-0.1, -0.05) is 13.8 Å². The number of aldehydes is 1. The number of carbonyl (C=O) groups is 1. The van der Waals surface area contributed by atoms with E-state index in [1.54, 1.807) is 6.07 Å². The number of rotatable bonds is 5. The number of nitrogens with zero attached hydrogens (tertiary/aromatic N) is 1. The molecule has 1 aromatic rings. The molecule has 0 saturated carbocycles. The summed E-state index contributed by atoms with van der Waals surface area (Å²) in [5.41, 5.74) is 1.11. The van der Waals surface area contributed by atoms with E-state index in [2.05, 4.69) is 4.90 Å². The van der Waals surface area contributed by atoms with Crippen molar-refractivity contribution in [1.29, 1.82) is 0 Å². The van der Waals surface area contributed by atoms with Gasteiger partial charge in [-0.05, 0) is 38.2 Å². The fourth-order valence-electron chi connectivity index (χ4n) is 1.92. The van der Waals surface area contributed by atoms with Gasteiger partial charge in [0.2, 0.25) is 0 Å². The van der Waals surface area contributed by atoms with Crippen molar-refractivity contribution in [2.45, 2.75) is 26.8 Å².